The number of aliphatic hydroxyl groups excluding tert-OH is 1. The van der Waals surface area contributed by atoms with Crippen LogP contribution < -0.4 is 5.32 Å². The van der Waals surface area contributed by atoms with E-state index in [4.69, 9.17) is 0 Å². The van der Waals surface area contributed by atoms with Crippen molar-refractivity contribution in [2.45, 2.75) is 37.8 Å². The minimum atomic E-state index is -0.130. The molecular formula is C14H18N4O. The molecule has 1 aliphatic carbocycles. The average molecular weight is 258 g/mol. The molecule has 2 aromatic rings. The third-order valence-electron chi connectivity index (χ3n) is 3.61. The van der Waals surface area contributed by atoms with Gasteiger partial charge in [0.15, 0.2) is 0 Å². The van der Waals surface area contributed by atoms with Crippen LogP contribution in [0.5, 0.6) is 0 Å². The molecule has 0 unspecified atom stereocenters. The summed E-state index contributed by atoms with van der Waals surface area (Å²) in [6.45, 7) is 0. The van der Waals surface area contributed by atoms with Gasteiger partial charge in [-0.15, -0.1) is 0 Å². The zero-order chi connectivity index (χ0) is 13.1. The quantitative estimate of drug-likeness (QED) is 0.789. The van der Waals surface area contributed by atoms with Crippen molar-refractivity contribution in [1.29, 1.82) is 0 Å². The Bertz CT molecular complexity index is 501. The van der Waals surface area contributed by atoms with Crippen molar-refractivity contribution >= 4 is 5.95 Å². The van der Waals surface area contributed by atoms with Crippen LogP contribution in [0.25, 0.3) is 11.1 Å². The van der Waals surface area contributed by atoms with Crippen LogP contribution in [0.15, 0.2) is 30.9 Å². The van der Waals surface area contributed by atoms with Crippen LogP contribution in [-0.2, 0) is 0 Å². The number of rotatable bonds is 3. The Morgan fingerprint density at radius 2 is 1.84 bits per heavy atom. The van der Waals surface area contributed by atoms with Crippen molar-refractivity contribution < 1.29 is 5.11 Å². The normalized spacial score (nSPS) is 23.2. The second-order valence-corrected chi connectivity index (χ2v) is 5.04. The molecular weight excluding hydrogens is 240 g/mol. The van der Waals surface area contributed by atoms with Crippen LogP contribution in [0.3, 0.4) is 0 Å². The summed E-state index contributed by atoms with van der Waals surface area (Å²) in [7, 11) is 0. The van der Waals surface area contributed by atoms with E-state index in [-0.39, 0.29) is 6.10 Å². The van der Waals surface area contributed by atoms with E-state index < -0.39 is 0 Å². The van der Waals surface area contributed by atoms with Gasteiger partial charge in [-0.05, 0) is 31.7 Å². The van der Waals surface area contributed by atoms with Crippen LogP contribution in [0.1, 0.15) is 25.7 Å². The molecule has 0 radical (unpaired) electrons. The molecule has 0 aromatic carbocycles. The lowest BCUT2D eigenvalue weighted by Crippen LogP contribution is -2.28. The molecule has 3 N–H and O–H groups in total. The second-order valence-electron chi connectivity index (χ2n) is 5.04. The smallest absolute Gasteiger partial charge is 0.222 e. The molecule has 100 valence electrons. The van der Waals surface area contributed by atoms with Crippen molar-refractivity contribution in [1.82, 2.24) is 15.0 Å². The van der Waals surface area contributed by atoms with Crippen LogP contribution >= 0.6 is 0 Å². The van der Waals surface area contributed by atoms with Gasteiger partial charge >= 0.3 is 0 Å². The van der Waals surface area contributed by atoms with Gasteiger partial charge in [0.1, 0.15) is 0 Å². The third kappa shape index (κ3) is 2.93. The van der Waals surface area contributed by atoms with Crippen LogP contribution in [0.4, 0.5) is 5.95 Å². The van der Waals surface area contributed by atoms with E-state index in [1.54, 1.807) is 0 Å². The Labute approximate surface area is 112 Å². The minimum absolute atomic E-state index is 0.130. The van der Waals surface area contributed by atoms with E-state index in [2.05, 4.69) is 20.3 Å². The Hall–Kier alpha value is -1.88. The Balaban J connectivity index is 1.63. The standard InChI is InChI=1S/C14H18N4O/c19-13-3-1-12(2-4-13)18-14-16-8-11(9-17-14)10-5-6-15-7-10/h5-9,12-13,15,19H,1-4H2,(H,16,17,18). The van der Waals surface area contributed by atoms with Crippen LogP contribution in [0.2, 0.25) is 0 Å². The largest absolute Gasteiger partial charge is 0.393 e. The zero-order valence-corrected chi connectivity index (χ0v) is 10.7. The zero-order valence-electron chi connectivity index (χ0n) is 10.7. The molecule has 1 fully saturated rings. The van der Waals surface area contributed by atoms with Gasteiger partial charge in [0, 0.05) is 42.0 Å². The highest BCUT2D eigenvalue weighted by Gasteiger charge is 2.19. The van der Waals surface area contributed by atoms with E-state index in [0.717, 1.165) is 36.8 Å². The molecule has 3 rings (SSSR count). The fraction of sp³-hybridized carbons (Fsp3) is 0.429. The van der Waals surface area contributed by atoms with Gasteiger partial charge in [-0.3, -0.25) is 0 Å². The van der Waals surface area contributed by atoms with E-state index in [9.17, 15) is 5.11 Å². The third-order valence-corrected chi connectivity index (χ3v) is 3.61. The minimum Gasteiger partial charge on any atom is -0.393 e. The van der Waals surface area contributed by atoms with Gasteiger partial charge in [0.05, 0.1) is 6.10 Å². The van der Waals surface area contributed by atoms with Crippen LogP contribution in [0, 0.1) is 0 Å². The summed E-state index contributed by atoms with van der Waals surface area (Å²) < 4.78 is 0. The molecule has 1 saturated carbocycles. The highest BCUT2D eigenvalue weighted by atomic mass is 16.3. The van der Waals surface area contributed by atoms with Gasteiger partial charge < -0.3 is 15.4 Å². The molecule has 2 aromatic heterocycles. The number of H-pyrrole nitrogens is 1. The lowest BCUT2D eigenvalue weighted by atomic mass is 9.93. The maximum atomic E-state index is 9.47. The van der Waals surface area contributed by atoms with Crippen molar-refractivity contribution in [3.8, 4) is 11.1 Å². The topological polar surface area (TPSA) is 73.8 Å². The Morgan fingerprint density at radius 3 is 2.47 bits per heavy atom. The van der Waals surface area contributed by atoms with Gasteiger partial charge in [-0.1, -0.05) is 0 Å². The van der Waals surface area contributed by atoms with E-state index in [1.165, 1.54) is 0 Å². The van der Waals surface area contributed by atoms with E-state index >= 15 is 0 Å². The van der Waals surface area contributed by atoms with Gasteiger partial charge in [0.25, 0.3) is 0 Å². The molecule has 2 heterocycles. The predicted octanol–water partition coefficient (Wildman–Crippen LogP) is 2.19. The summed E-state index contributed by atoms with van der Waals surface area (Å²) in [5.41, 5.74) is 2.10. The molecule has 0 atom stereocenters. The Morgan fingerprint density at radius 1 is 1.11 bits per heavy atom. The van der Waals surface area contributed by atoms with Crippen LogP contribution in [-0.4, -0.2) is 32.2 Å². The molecule has 0 spiro atoms. The molecule has 0 amide bonds. The molecule has 5 heteroatoms. The lowest BCUT2D eigenvalue weighted by molar-refractivity contribution is 0.126. The maximum absolute atomic E-state index is 9.47. The molecule has 1 aliphatic rings. The van der Waals surface area contributed by atoms with Crippen molar-refractivity contribution in [3.05, 3.63) is 30.9 Å². The molecule has 19 heavy (non-hydrogen) atoms. The first-order chi connectivity index (χ1) is 9.31. The van der Waals surface area contributed by atoms with Gasteiger partial charge in [0.2, 0.25) is 5.95 Å². The maximum Gasteiger partial charge on any atom is 0.222 e. The number of anilines is 1. The summed E-state index contributed by atoms with van der Waals surface area (Å²) >= 11 is 0. The first-order valence-electron chi connectivity index (χ1n) is 6.71. The van der Waals surface area contributed by atoms with Crippen molar-refractivity contribution in [2.75, 3.05) is 5.32 Å². The summed E-state index contributed by atoms with van der Waals surface area (Å²) in [6, 6.07) is 2.37. The first-order valence-corrected chi connectivity index (χ1v) is 6.71. The number of aliphatic hydroxyl groups is 1. The van der Waals surface area contributed by atoms with E-state index in [0.29, 0.717) is 12.0 Å². The van der Waals surface area contributed by atoms with E-state index in [1.807, 2.05) is 30.9 Å². The summed E-state index contributed by atoms with van der Waals surface area (Å²) in [4.78, 5) is 11.7. The molecule has 0 bridgehead atoms. The number of nitrogens with one attached hydrogen (secondary N) is 2. The fourth-order valence-electron chi connectivity index (χ4n) is 2.46. The SMILES string of the molecule is OC1CCC(Nc2ncc(-c3cc[nH]c3)cn2)CC1. The molecule has 0 saturated heterocycles. The molecule has 0 aliphatic heterocycles. The highest BCUT2D eigenvalue weighted by Crippen LogP contribution is 2.21. The van der Waals surface area contributed by atoms with Gasteiger partial charge in [-0.25, -0.2) is 9.97 Å². The Kier molecular flexibility index (Phi) is 3.46. The number of aromatic amines is 1. The van der Waals surface area contributed by atoms with Gasteiger partial charge in [-0.2, -0.15) is 0 Å². The summed E-state index contributed by atoms with van der Waals surface area (Å²) in [6.07, 6.45) is 11.0. The lowest BCUT2D eigenvalue weighted by Gasteiger charge is -2.26. The average Bonchev–Trinajstić information content (AvgIpc) is 2.96. The number of hydrogen-bond donors (Lipinski definition) is 3. The predicted molar refractivity (Wildman–Crippen MR) is 73.7 cm³/mol. The summed E-state index contributed by atoms with van der Waals surface area (Å²) in [5.74, 6) is 0.667. The summed E-state index contributed by atoms with van der Waals surface area (Å²) in [5, 5.41) is 12.8. The van der Waals surface area contributed by atoms with Crippen molar-refractivity contribution in [3.63, 3.8) is 0 Å². The first kappa shape index (κ1) is 12.2. The highest BCUT2D eigenvalue weighted by molar-refractivity contribution is 5.60. The monoisotopic (exact) mass is 258 g/mol. The number of aromatic nitrogens is 3. The number of nitrogens with zero attached hydrogens (tertiary/aromatic N) is 2. The van der Waals surface area contributed by atoms with Crippen molar-refractivity contribution in [2.24, 2.45) is 0 Å². The molecule has 5 nitrogen and oxygen atoms in total. The number of hydrogen-bond acceptors (Lipinski definition) is 4. The second kappa shape index (κ2) is 5.40. The fourth-order valence-corrected chi connectivity index (χ4v) is 2.46.